The molecule has 0 amide bonds. The number of hydrogen-bond donors (Lipinski definition) is 0. The molecule has 0 atom stereocenters. The molecule has 1 aromatic rings. The molecule has 0 radical (unpaired) electrons. The molecule has 1 heterocycles. The molecule has 1 aliphatic heterocycles. The first kappa shape index (κ1) is 19.0. The Balaban J connectivity index is 1.58. The van der Waals surface area contributed by atoms with Crippen LogP contribution in [0.1, 0.15) is 25.7 Å². The van der Waals surface area contributed by atoms with Crippen LogP contribution in [-0.2, 0) is 14.9 Å². The van der Waals surface area contributed by atoms with Crippen molar-refractivity contribution in [3.63, 3.8) is 0 Å². The number of halogens is 3. The first-order valence-corrected chi connectivity index (χ1v) is 9.72. The molecule has 0 aromatic heterocycles. The Morgan fingerprint density at radius 3 is 2.27 bits per heavy atom. The van der Waals surface area contributed by atoms with Gasteiger partial charge in [0.1, 0.15) is 12.4 Å². The van der Waals surface area contributed by atoms with Crippen LogP contribution in [-0.4, -0.2) is 44.5 Å². The molecular formula is C16H19F3N2O4S. The van der Waals surface area contributed by atoms with E-state index in [0.717, 1.165) is 30.0 Å². The van der Waals surface area contributed by atoms with Crippen molar-refractivity contribution in [3.8, 4) is 5.75 Å². The number of piperidine rings is 1. The number of benzene rings is 1. The molecule has 2 aliphatic rings. The average molecular weight is 392 g/mol. The first-order chi connectivity index (χ1) is 12.2. The smallest absolute Gasteiger partial charge is 0.406 e. The SMILES string of the molecule is O=S(=O)(c1ccc(OC(F)(F)F)cc1)N1CCC(=NOCC2CC2)CC1. The van der Waals surface area contributed by atoms with E-state index in [1.165, 1.54) is 17.1 Å². The second-order valence-corrected chi connectivity index (χ2v) is 8.26. The highest BCUT2D eigenvalue weighted by molar-refractivity contribution is 7.89. The second-order valence-electron chi connectivity index (χ2n) is 6.32. The summed E-state index contributed by atoms with van der Waals surface area (Å²) in [5.74, 6) is 0.140. The molecule has 0 N–H and O–H groups in total. The van der Waals surface area contributed by atoms with Crippen LogP contribution in [0, 0.1) is 5.92 Å². The topological polar surface area (TPSA) is 68.2 Å². The lowest BCUT2D eigenvalue weighted by molar-refractivity contribution is -0.274. The maximum absolute atomic E-state index is 12.6. The number of rotatable bonds is 6. The van der Waals surface area contributed by atoms with E-state index >= 15 is 0 Å². The zero-order valence-electron chi connectivity index (χ0n) is 13.9. The van der Waals surface area contributed by atoms with Crippen molar-refractivity contribution < 1.29 is 31.2 Å². The first-order valence-electron chi connectivity index (χ1n) is 8.28. The van der Waals surface area contributed by atoms with Crippen molar-refractivity contribution in [3.05, 3.63) is 24.3 Å². The summed E-state index contributed by atoms with van der Waals surface area (Å²) in [5, 5.41) is 4.07. The van der Waals surface area contributed by atoms with E-state index in [1.54, 1.807) is 0 Å². The molecule has 1 aliphatic carbocycles. The molecule has 3 rings (SSSR count). The predicted molar refractivity (Wildman–Crippen MR) is 87.2 cm³/mol. The molecule has 1 saturated heterocycles. The molecule has 6 nitrogen and oxygen atoms in total. The minimum atomic E-state index is -4.81. The third-order valence-electron chi connectivity index (χ3n) is 4.20. The molecule has 2 fully saturated rings. The van der Waals surface area contributed by atoms with Crippen molar-refractivity contribution in [2.45, 2.75) is 36.9 Å². The standard InChI is InChI=1S/C16H19F3N2O4S/c17-16(18,19)25-14-3-5-15(6-4-14)26(22,23)21-9-7-13(8-10-21)20-24-11-12-1-2-12/h3-6,12H,1-2,7-11H2. The maximum Gasteiger partial charge on any atom is 0.573 e. The third kappa shape index (κ3) is 5.10. The highest BCUT2D eigenvalue weighted by atomic mass is 32.2. The molecular weight excluding hydrogens is 373 g/mol. The van der Waals surface area contributed by atoms with E-state index in [9.17, 15) is 21.6 Å². The van der Waals surface area contributed by atoms with Gasteiger partial charge < -0.3 is 9.57 Å². The van der Waals surface area contributed by atoms with Gasteiger partial charge in [0.2, 0.25) is 10.0 Å². The summed E-state index contributed by atoms with van der Waals surface area (Å²) in [4.78, 5) is 5.20. The number of nitrogens with zero attached hydrogens (tertiary/aromatic N) is 2. The summed E-state index contributed by atoms with van der Waals surface area (Å²) in [7, 11) is -3.77. The van der Waals surface area contributed by atoms with Crippen LogP contribution in [0.25, 0.3) is 0 Å². The second kappa shape index (κ2) is 7.43. The summed E-state index contributed by atoms with van der Waals surface area (Å²) in [6.45, 7) is 1.13. The van der Waals surface area contributed by atoms with Gasteiger partial charge in [-0.3, -0.25) is 0 Å². The number of oxime groups is 1. The Morgan fingerprint density at radius 2 is 1.73 bits per heavy atom. The maximum atomic E-state index is 12.6. The molecule has 1 aromatic carbocycles. The van der Waals surface area contributed by atoms with Gasteiger partial charge in [-0.2, -0.15) is 4.31 Å². The fraction of sp³-hybridized carbons (Fsp3) is 0.562. The summed E-state index contributed by atoms with van der Waals surface area (Å²) >= 11 is 0. The Morgan fingerprint density at radius 1 is 1.12 bits per heavy atom. The molecule has 1 saturated carbocycles. The van der Waals surface area contributed by atoms with Crippen molar-refractivity contribution in [2.24, 2.45) is 11.1 Å². The van der Waals surface area contributed by atoms with Crippen molar-refractivity contribution in [1.82, 2.24) is 4.31 Å². The van der Waals surface area contributed by atoms with Gasteiger partial charge in [-0.1, -0.05) is 5.16 Å². The Kier molecular flexibility index (Phi) is 5.42. The average Bonchev–Trinajstić information content (AvgIpc) is 3.39. The largest absolute Gasteiger partial charge is 0.573 e. The number of sulfonamides is 1. The highest BCUT2D eigenvalue weighted by Gasteiger charge is 2.32. The van der Waals surface area contributed by atoms with Gasteiger partial charge in [0, 0.05) is 25.9 Å². The van der Waals surface area contributed by atoms with Crippen LogP contribution in [0.3, 0.4) is 0 Å². The molecule has 26 heavy (non-hydrogen) atoms. The van der Waals surface area contributed by atoms with Crippen LogP contribution in [0.5, 0.6) is 5.75 Å². The van der Waals surface area contributed by atoms with Gasteiger partial charge >= 0.3 is 6.36 Å². The summed E-state index contributed by atoms with van der Waals surface area (Å²) in [5.41, 5.74) is 0.825. The highest BCUT2D eigenvalue weighted by Crippen LogP contribution is 2.29. The van der Waals surface area contributed by atoms with Crippen LogP contribution >= 0.6 is 0 Å². The van der Waals surface area contributed by atoms with Gasteiger partial charge in [0.25, 0.3) is 0 Å². The summed E-state index contributed by atoms with van der Waals surface area (Å²) in [6, 6.07) is 4.20. The van der Waals surface area contributed by atoms with E-state index in [0.29, 0.717) is 25.4 Å². The third-order valence-corrected chi connectivity index (χ3v) is 6.11. The molecule has 144 valence electrons. The number of ether oxygens (including phenoxy) is 1. The Hall–Kier alpha value is -1.81. The fourth-order valence-electron chi connectivity index (χ4n) is 2.56. The fourth-order valence-corrected chi connectivity index (χ4v) is 4.00. The number of hydrogen-bond acceptors (Lipinski definition) is 5. The lowest BCUT2D eigenvalue weighted by Gasteiger charge is -2.26. The van der Waals surface area contributed by atoms with Crippen LogP contribution < -0.4 is 4.74 Å². The Bertz CT molecular complexity index is 749. The van der Waals surface area contributed by atoms with Crippen molar-refractivity contribution >= 4 is 15.7 Å². The van der Waals surface area contributed by atoms with E-state index in [1.807, 2.05) is 0 Å². The van der Waals surface area contributed by atoms with Gasteiger partial charge in [0.15, 0.2) is 0 Å². The molecule has 10 heteroatoms. The Labute approximate surface area is 149 Å². The van der Waals surface area contributed by atoms with Gasteiger partial charge in [0.05, 0.1) is 10.6 Å². The monoisotopic (exact) mass is 392 g/mol. The van der Waals surface area contributed by atoms with E-state index < -0.39 is 22.1 Å². The summed E-state index contributed by atoms with van der Waals surface area (Å²) < 4.78 is 66.7. The minimum absolute atomic E-state index is 0.0719. The van der Waals surface area contributed by atoms with Gasteiger partial charge in [-0.15, -0.1) is 13.2 Å². The van der Waals surface area contributed by atoms with Crippen LogP contribution in [0.15, 0.2) is 34.3 Å². The van der Waals surface area contributed by atoms with Crippen LogP contribution in [0.2, 0.25) is 0 Å². The normalized spacial score (nSPS) is 19.3. The van der Waals surface area contributed by atoms with E-state index in [4.69, 9.17) is 4.84 Å². The van der Waals surface area contributed by atoms with Crippen molar-refractivity contribution in [2.75, 3.05) is 19.7 Å². The molecule has 0 spiro atoms. The lowest BCUT2D eigenvalue weighted by Crippen LogP contribution is -2.38. The van der Waals surface area contributed by atoms with E-state index in [2.05, 4.69) is 9.89 Å². The zero-order valence-corrected chi connectivity index (χ0v) is 14.7. The van der Waals surface area contributed by atoms with E-state index in [-0.39, 0.29) is 18.0 Å². The van der Waals surface area contributed by atoms with Crippen LogP contribution in [0.4, 0.5) is 13.2 Å². The summed E-state index contributed by atoms with van der Waals surface area (Å²) in [6.07, 6.45) is -1.53. The minimum Gasteiger partial charge on any atom is -0.406 e. The predicted octanol–water partition coefficient (Wildman–Crippen LogP) is 3.15. The lowest BCUT2D eigenvalue weighted by atomic mass is 10.1. The molecule has 0 unspecified atom stereocenters. The number of alkyl halides is 3. The molecule has 0 bridgehead atoms. The van der Waals surface area contributed by atoms with Gasteiger partial charge in [-0.05, 0) is 43.0 Å². The zero-order chi connectivity index (χ0) is 18.8. The van der Waals surface area contributed by atoms with Gasteiger partial charge in [-0.25, -0.2) is 8.42 Å². The quantitative estimate of drug-likeness (QED) is 0.698. The van der Waals surface area contributed by atoms with Crippen molar-refractivity contribution in [1.29, 1.82) is 0 Å².